The second-order valence-corrected chi connectivity index (χ2v) is 7.68. The molecule has 6 nitrogen and oxygen atoms in total. The topological polar surface area (TPSA) is 51.2 Å². The largest absolute Gasteiger partial charge is 0.360 e. The van der Waals surface area contributed by atoms with E-state index in [0.717, 1.165) is 50.8 Å². The molecule has 1 aromatic heterocycles. The first-order valence-electron chi connectivity index (χ1n) is 9.38. The van der Waals surface area contributed by atoms with E-state index < -0.39 is 0 Å². The lowest BCUT2D eigenvalue weighted by Crippen LogP contribution is -2.53. The fourth-order valence-corrected chi connectivity index (χ4v) is 4.55. The van der Waals surface area contributed by atoms with E-state index >= 15 is 0 Å². The van der Waals surface area contributed by atoms with E-state index in [4.69, 9.17) is 0 Å². The number of rotatable bonds is 3. The number of guanidine groups is 1. The number of thiophene rings is 1. The maximum atomic E-state index is 12.7. The number of amides is 1. The number of carbonyl (C=O) groups is 1. The molecule has 0 radical (unpaired) electrons. The van der Waals surface area contributed by atoms with Crippen molar-refractivity contribution in [1.29, 1.82) is 0 Å². The highest BCUT2D eigenvalue weighted by Crippen LogP contribution is 2.27. The lowest BCUT2D eigenvalue weighted by Gasteiger charge is -2.37. The first-order chi connectivity index (χ1) is 13.3. The zero-order valence-corrected chi connectivity index (χ0v) is 16.4. The van der Waals surface area contributed by atoms with Crippen LogP contribution in [-0.4, -0.2) is 63.1 Å². The van der Waals surface area contributed by atoms with Crippen molar-refractivity contribution in [2.75, 3.05) is 56.1 Å². The quantitative estimate of drug-likeness (QED) is 0.651. The number of nitrogens with zero attached hydrogens (tertiary/aromatic N) is 4. The molecular formula is C20H25N5OS. The third-order valence-corrected chi connectivity index (χ3v) is 6.12. The highest BCUT2D eigenvalue weighted by atomic mass is 32.1. The minimum absolute atomic E-state index is 0.0957. The Hall–Kier alpha value is -2.54. The monoisotopic (exact) mass is 383 g/mol. The van der Waals surface area contributed by atoms with Gasteiger partial charge in [0.2, 0.25) is 5.91 Å². The molecule has 4 rings (SSSR count). The second kappa shape index (κ2) is 8.00. The molecule has 0 unspecified atom stereocenters. The van der Waals surface area contributed by atoms with Gasteiger partial charge in [-0.15, -0.1) is 11.3 Å². The standard InChI is InChI=1S/C20H25N5OS/c1-21-20(24-12-10-23(11-13-24)19-7-4-14-27-19)22-15-18(26)25-9-8-16-5-2-3-6-17(16)25/h2-7,14H,8-13,15H2,1H3,(H,21,22). The Kier molecular flexibility index (Phi) is 5.29. The number of para-hydroxylation sites is 1. The molecule has 1 fully saturated rings. The van der Waals surface area contributed by atoms with Gasteiger partial charge in [0.1, 0.15) is 0 Å². The average Bonchev–Trinajstić information content (AvgIpc) is 3.39. The lowest BCUT2D eigenvalue weighted by molar-refractivity contribution is -0.117. The van der Waals surface area contributed by atoms with Crippen LogP contribution in [0.4, 0.5) is 10.7 Å². The van der Waals surface area contributed by atoms with Crippen molar-refractivity contribution in [3.05, 3.63) is 47.3 Å². The van der Waals surface area contributed by atoms with E-state index in [-0.39, 0.29) is 12.5 Å². The van der Waals surface area contributed by atoms with Gasteiger partial charge >= 0.3 is 0 Å². The normalized spacial score (nSPS) is 17.2. The van der Waals surface area contributed by atoms with Crippen LogP contribution in [0.1, 0.15) is 5.56 Å². The smallest absolute Gasteiger partial charge is 0.246 e. The van der Waals surface area contributed by atoms with Gasteiger partial charge in [-0.3, -0.25) is 9.79 Å². The van der Waals surface area contributed by atoms with E-state index in [0.29, 0.717) is 0 Å². The third-order valence-electron chi connectivity index (χ3n) is 5.19. The molecule has 2 aromatic rings. The van der Waals surface area contributed by atoms with Crippen LogP contribution in [0.5, 0.6) is 0 Å². The molecule has 2 aliphatic heterocycles. The van der Waals surface area contributed by atoms with Gasteiger partial charge in [-0.05, 0) is 35.6 Å². The van der Waals surface area contributed by atoms with E-state index in [1.807, 2.05) is 23.1 Å². The summed E-state index contributed by atoms with van der Waals surface area (Å²) in [4.78, 5) is 23.6. The van der Waals surface area contributed by atoms with Gasteiger partial charge in [0.25, 0.3) is 0 Å². The van der Waals surface area contributed by atoms with Crippen LogP contribution in [0.2, 0.25) is 0 Å². The van der Waals surface area contributed by atoms with Gasteiger partial charge in [-0.25, -0.2) is 0 Å². The summed E-state index contributed by atoms with van der Waals surface area (Å²) in [7, 11) is 1.78. The van der Waals surface area contributed by atoms with Crippen molar-refractivity contribution in [2.45, 2.75) is 6.42 Å². The predicted octanol–water partition coefficient (Wildman–Crippen LogP) is 2.03. The molecule has 3 heterocycles. The summed E-state index contributed by atoms with van der Waals surface area (Å²) in [6.07, 6.45) is 0.932. The van der Waals surface area contributed by atoms with Crippen LogP contribution >= 0.6 is 11.3 Å². The molecular weight excluding hydrogens is 358 g/mol. The first kappa shape index (κ1) is 17.9. The molecule has 1 aromatic carbocycles. The summed E-state index contributed by atoms with van der Waals surface area (Å²) < 4.78 is 0. The SMILES string of the molecule is CN=C(NCC(=O)N1CCc2ccccc21)N1CCN(c2cccs2)CC1. The minimum atomic E-state index is 0.0957. The molecule has 0 saturated carbocycles. The zero-order valence-electron chi connectivity index (χ0n) is 15.6. The Balaban J connectivity index is 1.31. The zero-order chi connectivity index (χ0) is 18.6. The van der Waals surface area contributed by atoms with Crippen molar-refractivity contribution < 1.29 is 4.79 Å². The number of hydrogen-bond donors (Lipinski definition) is 1. The average molecular weight is 384 g/mol. The highest BCUT2D eigenvalue weighted by molar-refractivity contribution is 7.14. The molecule has 1 amide bonds. The van der Waals surface area contributed by atoms with Crippen LogP contribution in [0, 0.1) is 0 Å². The Morgan fingerprint density at radius 2 is 1.93 bits per heavy atom. The first-order valence-corrected chi connectivity index (χ1v) is 10.3. The molecule has 0 bridgehead atoms. The van der Waals surface area contributed by atoms with Crippen LogP contribution in [-0.2, 0) is 11.2 Å². The fourth-order valence-electron chi connectivity index (χ4n) is 3.77. The summed E-state index contributed by atoms with van der Waals surface area (Å²) in [5.74, 6) is 0.903. The van der Waals surface area contributed by atoms with Gasteiger partial charge in [0.15, 0.2) is 5.96 Å². The Labute approximate surface area is 164 Å². The van der Waals surface area contributed by atoms with Gasteiger partial charge in [-0.2, -0.15) is 0 Å². The summed E-state index contributed by atoms with van der Waals surface area (Å²) in [6.45, 7) is 4.77. The number of carbonyl (C=O) groups excluding carboxylic acids is 1. The van der Waals surface area contributed by atoms with Crippen molar-refractivity contribution in [3.8, 4) is 0 Å². The summed E-state index contributed by atoms with van der Waals surface area (Å²) in [6, 6.07) is 12.4. The minimum Gasteiger partial charge on any atom is -0.360 e. The summed E-state index contributed by atoms with van der Waals surface area (Å²) in [5, 5.41) is 6.70. The molecule has 2 aliphatic rings. The predicted molar refractivity (Wildman–Crippen MR) is 112 cm³/mol. The fraction of sp³-hybridized carbons (Fsp3) is 0.400. The summed E-state index contributed by atoms with van der Waals surface area (Å²) >= 11 is 1.78. The highest BCUT2D eigenvalue weighted by Gasteiger charge is 2.25. The molecule has 7 heteroatoms. The van der Waals surface area contributed by atoms with E-state index in [1.165, 1.54) is 10.6 Å². The van der Waals surface area contributed by atoms with Crippen molar-refractivity contribution in [1.82, 2.24) is 10.2 Å². The van der Waals surface area contributed by atoms with Crippen LogP contribution in [0.15, 0.2) is 46.8 Å². The molecule has 1 saturated heterocycles. The number of aliphatic imine (C=N–C) groups is 1. The molecule has 27 heavy (non-hydrogen) atoms. The van der Waals surface area contributed by atoms with Crippen LogP contribution < -0.4 is 15.1 Å². The lowest BCUT2D eigenvalue weighted by atomic mass is 10.2. The summed E-state index contributed by atoms with van der Waals surface area (Å²) in [5.41, 5.74) is 2.30. The molecule has 0 atom stereocenters. The van der Waals surface area contributed by atoms with Gasteiger partial charge in [-0.1, -0.05) is 18.2 Å². The van der Waals surface area contributed by atoms with Gasteiger partial charge < -0.3 is 20.0 Å². The van der Waals surface area contributed by atoms with Gasteiger partial charge in [0.05, 0.1) is 11.5 Å². The van der Waals surface area contributed by atoms with E-state index in [1.54, 1.807) is 18.4 Å². The number of hydrogen-bond acceptors (Lipinski definition) is 4. The molecule has 1 N–H and O–H groups in total. The Morgan fingerprint density at radius 1 is 1.11 bits per heavy atom. The van der Waals surface area contributed by atoms with E-state index in [9.17, 15) is 4.79 Å². The number of nitrogens with one attached hydrogen (secondary N) is 1. The van der Waals surface area contributed by atoms with E-state index in [2.05, 4.69) is 43.7 Å². The number of benzene rings is 1. The second-order valence-electron chi connectivity index (χ2n) is 6.75. The van der Waals surface area contributed by atoms with Crippen LogP contribution in [0.25, 0.3) is 0 Å². The maximum absolute atomic E-state index is 12.7. The maximum Gasteiger partial charge on any atom is 0.246 e. The van der Waals surface area contributed by atoms with Gasteiger partial charge in [0, 0.05) is 45.5 Å². The number of fused-ring (bicyclic) bond motifs is 1. The molecule has 0 aliphatic carbocycles. The van der Waals surface area contributed by atoms with Crippen molar-refractivity contribution in [3.63, 3.8) is 0 Å². The van der Waals surface area contributed by atoms with Crippen molar-refractivity contribution in [2.24, 2.45) is 4.99 Å². The Bertz CT molecular complexity index is 812. The third kappa shape index (κ3) is 3.78. The van der Waals surface area contributed by atoms with Crippen molar-refractivity contribution >= 4 is 33.9 Å². The van der Waals surface area contributed by atoms with Crippen LogP contribution in [0.3, 0.4) is 0 Å². The Morgan fingerprint density at radius 3 is 2.67 bits per heavy atom. The number of piperazine rings is 1. The number of anilines is 2. The molecule has 0 spiro atoms. The molecule has 142 valence electrons.